The number of terminal acetylenes is 1. The average molecular weight is 1020 g/mol. The molecule has 0 unspecified atom stereocenters. The number of benzene rings is 11. The van der Waals surface area contributed by atoms with Crippen LogP contribution in [0.5, 0.6) is 0 Å². The second-order valence-corrected chi connectivity index (χ2v) is 20.1. The molecule has 0 aliphatic heterocycles. The fourth-order valence-electron chi connectivity index (χ4n) is 11.5. The van der Waals surface area contributed by atoms with Gasteiger partial charge >= 0.3 is 0 Å². The van der Waals surface area contributed by atoms with Gasteiger partial charge in [-0.25, -0.2) is 0 Å². The van der Waals surface area contributed by atoms with E-state index >= 15 is 9.59 Å². The molecule has 0 amide bonds. The number of rotatable bonds is 12. The molecule has 0 N–H and O–H groups in total. The lowest BCUT2D eigenvalue weighted by Gasteiger charge is -2.16. The molecule has 13 rings (SSSR count). The molecule has 0 fully saturated rings. The van der Waals surface area contributed by atoms with Gasteiger partial charge in [0.25, 0.3) is 0 Å². The molecule has 80 heavy (non-hydrogen) atoms. The third-order valence-corrected chi connectivity index (χ3v) is 15.3. The Hall–Kier alpha value is -10.7. The number of Topliss-reactive ketones (excluding diaryl/α,β-unsaturated/α-hetero) is 2. The third kappa shape index (κ3) is 9.20. The minimum absolute atomic E-state index is 0.00511. The molecule has 11 aromatic carbocycles. The van der Waals surface area contributed by atoms with Gasteiger partial charge in [0.15, 0.2) is 11.6 Å². The number of carbonyl (C=O) groups is 2. The van der Waals surface area contributed by atoms with Crippen LogP contribution in [-0.4, -0.2) is 11.6 Å². The minimum Gasteiger partial charge on any atom is -0.289 e. The Morgan fingerprint density at radius 1 is 0.188 bits per heavy atom. The molecule has 2 nitrogen and oxygen atoms in total. The van der Waals surface area contributed by atoms with Crippen LogP contribution in [0.1, 0.15) is 50.1 Å². The Kier molecular flexibility index (Phi) is 13.1. The Balaban J connectivity index is 0.893. The minimum atomic E-state index is -0.00511. The van der Waals surface area contributed by atoms with Gasteiger partial charge < -0.3 is 0 Å². The lowest BCUT2D eigenvalue weighted by molar-refractivity contribution is -0.109. The summed E-state index contributed by atoms with van der Waals surface area (Å²) in [5.41, 5.74) is 22.7. The van der Waals surface area contributed by atoms with Gasteiger partial charge in [0, 0.05) is 50.1 Å². The molecule has 0 heterocycles. The van der Waals surface area contributed by atoms with E-state index < -0.39 is 0 Å². The van der Waals surface area contributed by atoms with E-state index in [-0.39, 0.29) is 11.6 Å². The normalized spacial score (nSPS) is 13.3. The first-order valence-electron chi connectivity index (χ1n) is 26.9. The average Bonchev–Trinajstić information content (AvgIpc) is 4.27. The summed E-state index contributed by atoms with van der Waals surface area (Å²) in [7, 11) is 0. The number of ketones is 2. The van der Waals surface area contributed by atoms with Gasteiger partial charge in [0.2, 0.25) is 0 Å². The predicted octanol–water partition coefficient (Wildman–Crippen LogP) is 18.5. The van der Waals surface area contributed by atoms with Crippen LogP contribution in [0, 0.1) is 12.3 Å². The predicted molar refractivity (Wildman–Crippen MR) is 332 cm³/mol. The first-order valence-corrected chi connectivity index (χ1v) is 26.9. The summed E-state index contributed by atoms with van der Waals surface area (Å²) < 4.78 is 0. The van der Waals surface area contributed by atoms with Crippen molar-refractivity contribution < 1.29 is 9.59 Å². The molecular formula is C78H50O2. The van der Waals surface area contributed by atoms with Gasteiger partial charge in [-0.15, -0.1) is 6.42 Å². The van der Waals surface area contributed by atoms with Crippen molar-refractivity contribution in [2.45, 2.75) is 0 Å². The number of hydrogen-bond donors (Lipinski definition) is 0. The highest BCUT2D eigenvalue weighted by atomic mass is 16.1. The monoisotopic (exact) mass is 1020 g/mol. The molecule has 0 spiro atoms. The van der Waals surface area contributed by atoms with E-state index in [0.717, 1.165) is 117 Å². The fraction of sp³-hybridized carbons (Fsp3) is 0. The van der Waals surface area contributed by atoms with Crippen molar-refractivity contribution >= 4 is 56.2 Å². The largest absolute Gasteiger partial charge is 0.289 e. The van der Waals surface area contributed by atoms with Crippen molar-refractivity contribution in [1.82, 2.24) is 0 Å². The summed E-state index contributed by atoms with van der Waals surface area (Å²) >= 11 is 0. The van der Waals surface area contributed by atoms with E-state index in [2.05, 4.69) is 170 Å². The molecule has 2 aliphatic carbocycles. The molecular weight excluding hydrogens is 969 g/mol. The topological polar surface area (TPSA) is 34.1 Å². The van der Waals surface area contributed by atoms with Crippen molar-refractivity contribution in [2.75, 3.05) is 0 Å². The van der Waals surface area contributed by atoms with E-state index in [1.54, 1.807) is 0 Å². The Labute approximate surface area is 467 Å². The molecule has 0 bridgehead atoms. The summed E-state index contributed by atoms with van der Waals surface area (Å²) in [5, 5.41) is 0. The number of hydrogen-bond acceptors (Lipinski definition) is 2. The molecule has 2 aliphatic rings. The van der Waals surface area contributed by atoms with Crippen LogP contribution in [0.4, 0.5) is 0 Å². The summed E-state index contributed by atoms with van der Waals surface area (Å²) in [6, 6.07) is 101. The van der Waals surface area contributed by atoms with E-state index in [0.29, 0.717) is 22.3 Å². The van der Waals surface area contributed by atoms with Gasteiger partial charge in [-0.3, -0.25) is 9.59 Å². The lowest BCUT2D eigenvalue weighted by Crippen LogP contribution is -2.01. The van der Waals surface area contributed by atoms with E-state index in [4.69, 9.17) is 6.42 Å². The van der Waals surface area contributed by atoms with Crippen LogP contribution in [0.15, 0.2) is 297 Å². The van der Waals surface area contributed by atoms with E-state index in [1.165, 1.54) is 0 Å². The zero-order chi connectivity index (χ0) is 53.9. The smallest absolute Gasteiger partial charge is 0.195 e. The zero-order valence-electron chi connectivity index (χ0n) is 43.7. The van der Waals surface area contributed by atoms with Crippen LogP contribution in [0.3, 0.4) is 0 Å². The molecule has 0 saturated carbocycles. The van der Waals surface area contributed by atoms with Crippen molar-refractivity contribution in [3.8, 4) is 56.9 Å². The zero-order valence-corrected chi connectivity index (χ0v) is 43.7. The van der Waals surface area contributed by atoms with Crippen LogP contribution in [0.25, 0.3) is 89.1 Å². The maximum absolute atomic E-state index is 15.1. The lowest BCUT2D eigenvalue weighted by atomic mass is 9.87. The highest BCUT2D eigenvalue weighted by Crippen LogP contribution is 2.52. The van der Waals surface area contributed by atoms with Crippen molar-refractivity contribution in [3.63, 3.8) is 0 Å². The molecule has 0 atom stereocenters. The van der Waals surface area contributed by atoms with Crippen molar-refractivity contribution in [3.05, 3.63) is 347 Å². The molecule has 0 radical (unpaired) electrons. The highest BCUT2D eigenvalue weighted by molar-refractivity contribution is 6.60. The molecule has 0 saturated heterocycles. The van der Waals surface area contributed by atoms with Gasteiger partial charge in [-0.2, -0.15) is 0 Å². The number of allylic oxidation sites excluding steroid dienone is 8. The first kappa shape index (κ1) is 48.9. The molecule has 374 valence electrons. The first-order chi connectivity index (χ1) is 39.5. The summed E-state index contributed by atoms with van der Waals surface area (Å²) in [5.74, 6) is 2.92. The Morgan fingerprint density at radius 3 is 0.588 bits per heavy atom. The number of carbonyl (C=O) groups excluding carboxylic acids is 2. The second kappa shape index (κ2) is 21.4. The van der Waals surface area contributed by atoms with Crippen molar-refractivity contribution in [2.24, 2.45) is 0 Å². The second-order valence-electron chi connectivity index (χ2n) is 20.1. The maximum Gasteiger partial charge on any atom is 0.195 e. The van der Waals surface area contributed by atoms with Crippen molar-refractivity contribution in [1.29, 1.82) is 0 Å². The fourth-order valence-corrected chi connectivity index (χ4v) is 11.5. The SMILES string of the molecule is C#Cc1cc(-c2ccc(C3=C(c4ccccc4)C(=O)C(c4ccccc4)=C3c3ccc(-c4ccccc4)cc3)cc2)cc(-c2ccc(C3=C(c4ccccc4)C(=O)C(c4ccccc4)=C3c3ccc(-c4ccccc4)cc3)cc2)c1. The highest BCUT2D eigenvalue weighted by Gasteiger charge is 2.37. The van der Waals surface area contributed by atoms with Crippen LogP contribution in [0.2, 0.25) is 0 Å². The van der Waals surface area contributed by atoms with Gasteiger partial charge in [-0.1, -0.05) is 285 Å². The third-order valence-electron chi connectivity index (χ3n) is 15.3. The molecule has 0 aromatic heterocycles. The van der Waals surface area contributed by atoms with Crippen LogP contribution < -0.4 is 0 Å². The van der Waals surface area contributed by atoms with Gasteiger partial charge in [0.1, 0.15) is 0 Å². The molecule has 2 heteroatoms. The van der Waals surface area contributed by atoms with Gasteiger partial charge in [0.05, 0.1) is 0 Å². The van der Waals surface area contributed by atoms with Crippen LogP contribution >= 0.6 is 0 Å². The molecule has 11 aromatic rings. The Morgan fingerprint density at radius 2 is 0.362 bits per heavy atom. The van der Waals surface area contributed by atoms with Gasteiger partial charge in [-0.05, 0) is 107 Å². The summed E-state index contributed by atoms with van der Waals surface area (Å²) in [4.78, 5) is 30.3. The van der Waals surface area contributed by atoms with E-state index in [1.807, 2.05) is 133 Å². The quantitative estimate of drug-likeness (QED) is 0.114. The Bertz CT molecular complexity index is 4040. The summed E-state index contributed by atoms with van der Waals surface area (Å²) in [6.45, 7) is 0. The van der Waals surface area contributed by atoms with Crippen LogP contribution in [-0.2, 0) is 9.59 Å². The maximum atomic E-state index is 15.1. The van der Waals surface area contributed by atoms with E-state index in [9.17, 15) is 0 Å². The standard InChI is InChI=1S/C78H50O2/c1-2-52-49-67(57-37-45-65(46-38-57)71-69(63-41-33-55(34-42-63)53-21-9-3-10-22-53)73(59-25-13-5-14-26-59)77(79)75(71)61-29-17-7-18-30-61)51-68(50-52)58-39-47-66(48-40-58)72-70(64-43-35-56(36-44-64)54-23-11-4-12-24-54)74(60-27-15-6-16-28-60)78(80)76(72)62-31-19-8-20-32-62/h1,3-51H. The summed E-state index contributed by atoms with van der Waals surface area (Å²) in [6.07, 6.45) is 6.24.